The molecule has 2 amide bonds. The largest absolute Gasteiger partial charge is 0.497 e. The molecule has 190 valence electrons. The highest BCUT2D eigenvalue weighted by Gasteiger charge is 2.36. The lowest BCUT2D eigenvalue weighted by molar-refractivity contribution is -0.124. The number of carbonyl (C=O) groups is 2. The van der Waals surface area contributed by atoms with Gasteiger partial charge in [0.2, 0.25) is 15.9 Å². The zero-order valence-electron chi connectivity index (χ0n) is 20.8. The molecule has 3 rings (SSSR count). The number of piperidine rings is 1. The summed E-state index contributed by atoms with van der Waals surface area (Å²) in [5, 5.41) is 5.82. The summed E-state index contributed by atoms with van der Waals surface area (Å²) in [4.78, 5) is 26.3. The molecule has 8 nitrogen and oxygen atoms in total. The molecule has 9 heteroatoms. The predicted molar refractivity (Wildman–Crippen MR) is 135 cm³/mol. The Morgan fingerprint density at radius 2 is 1.74 bits per heavy atom. The molecule has 1 unspecified atom stereocenters. The highest BCUT2D eigenvalue weighted by molar-refractivity contribution is 7.89. The summed E-state index contributed by atoms with van der Waals surface area (Å²) in [5.74, 6) is -0.0115. The summed E-state index contributed by atoms with van der Waals surface area (Å²) in [6.07, 6.45) is 0.923. The quantitative estimate of drug-likeness (QED) is 0.550. The predicted octanol–water partition coefficient (Wildman–Crippen LogP) is 2.98. The number of nitrogens with one attached hydrogen (secondary N) is 2. The summed E-state index contributed by atoms with van der Waals surface area (Å²) < 4.78 is 32.8. The summed E-state index contributed by atoms with van der Waals surface area (Å²) in [5.41, 5.74) is 1.38. The van der Waals surface area contributed by atoms with E-state index in [1.54, 1.807) is 48.5 Å². The molecule has 2 aromatic rings. The fourth-order valence-corrected chi connectivity index (χ4v) is 5.58. The molecule has 1 aliphatic rings. The molecular weight excluding hydrogens is 466 g/mol. The lowest BCUT2D eigenvalue weighted by Gasteiger charge is -2.35. The first kappa shape index (κ1) is 26.7. The van der Waals surface area contributed by atoms with E-state index in [2.05, 4.69) is 10.6 Å². The Balaban J connectivity index is 1.74. The van der Waals surface area contributed by atoms with Crippen LogP contribution in [0.1, 0.15) is 42.6 Å². The topological polar surface area (TPSA) is 105 Å². The molecule has 0 aliphatic carbocycles. The highest BCUT2D eigenvalue weighted by Crippen LogP contribution is 2.26. The van der Waals surface area contributed by atoms with Gasteiger partial charge in [-0.05, 0) is 61.9 Å². The summed E-state index contributed by atoms with van der Waals surface area (Å²) >= 11 is 0. The number of hydrogen-bond donors (Lipinski definition) is 2. The summed E-state index contributed by atoms with van der Waals surface area (Å²) in [6, 6.07) is 12.8. The van der Waals surface area contributed by atoms with Crippen molar-refractivity contribution in [3.8, 4) is 5.75 Å². The number of benzene rings is 2. The maximum atomic E-state index is 13.1. The van der Waals surface area contributed by atoms with Gasteiger partial charge in [-0.2, -0.15) is 4.31 Å². The molecule has 0 bridgehead atoms. The van der Waals surface area contributed by atoms with Gasteiger partial charge >= 0.3 is 0 Å². The van der Waals surface area contributed by atoms with Gasteiger partial charge in [-0.25, -0.2) is 8.42 Å². The Morgan fingerprint density at radius 1 is 1.09 bits per heavy atom. The first-order valence-electron chi connectivity index (χ1n) is 11.9. The van der Waals surface area contributed by atoms with E-state index in [0.717, 1.165) is 5.56 Å². The monoisotopic (exact) mass is 501 g/mol. The van der Waals surface area contributed by atoms with Crippen molar-refractivity contribution >= 4 is 21.8 Å². The zero-order chi connectivity index (χ0) is 25.6. The van der Waals surface area contributed by atoms with Gasteiger partial charge < -0.3 is 15.4 Å². The minimum absolute atomic E-state index is 0.193. The lowest BCUT2D eigenvalue weighted by Crippen LogP contribution is -2.54. The molecule has 1 aliphatic heterocycles. The average molecular weight is 502 g/mol. The van der Waals surface area contributed by atoms with Crippen LogP contribution >= 0.6 is 0 Å². The van der Waals surface area contributed by atoms with Crippen LogP contribution in [0.3, 0.4) is 0 Å². The number of sulfonamides is 1. The normalized spacial score (nSPS) is 16.0. The molecule has 0 saturated carbocycles. The Kier molecular flexibility index (Phi) is 8.91. The lowest BCUT2D eigenvalue weighted by atomic mass is 9.89. The molecule has 0 aromatic heterocycles. The van der Waals surface area contributed by atoms with E-state index in [1.807, 2.05) is 20.8 Å². The maximum absolute atomic E-state index is 13.1. The molecule has 35 heavy (non-hydrogen) atoms. The molecule has 2 N–H and O–H groups in total. The number of ether oxygens (including phenoxy) is 1. The average Bonchev–Trinajstić information content (AvgIpc) is 2.86. The van der Waals surface area contributed by atoms with Crippen molar-refractivity contribution in [3.05, 3.63) is 59.7 Å². The van der Waals surface area contributed by atoms with Crippen molar-refractivity contribution in [2.75, 3.05) is 26.7 Å². The van der Waals surface area contributed by atoms with Crippen molar-refractivity contribution in [1.29, 1.82) is 0 Å². The van der Waals surface area contributed by atoms with Gasteiger partial charge in [0.15, 0.2) is 0 Å². The van der Waals surface area contributed by atoms with Crippen molar-refractivity contribution in [3.63, 3.8) is 0 Å². The van der Waals surface area contributed by atoms with E-state index in [1.165, 1.54) is 11.4 Å². The second-order valence-electron chi connectivity index (χ2n) is 9.38. The summed E-state index contributed by atoms with van der Waals surface area (Å²) in [7, 11) is -2.09. The van der Waals surface area contributed by atoms with Gasteiger partial charge in [-0.15, -0.1) is 0 Å². The van der Waals surface area contributed by atoms with E-state index < -0.39 is 16.1 Å². The standard InChI is InChI=1S/C26H35N3O5S/c1-18(2)17-27-26(31)24(28-25(30)21-6-5-7-22(16-21)34-4)20-12-14-29(15-13-20)35(32,33)23-10-8-19(3)9-11-23/h5-11,16,18,20,24H,12-15,17H2,1-4H3,(H,27,31)(H,28,30). The van der Waals surface area contributed by atoms with Gasteiger partial charge in [-0.1, -0.05) is 37.6 Å². The first-order valence-corrected chi connectivity index (χ1v) is 13.3. The van der Waals surface area contributed by atoms with Crippen LogP contribution in [-0.2, 0) is 14.8 Å². The Bertz CT molecular complexity index is 1120. The van der Waals surface area contributed by atoms with Crippen LogP contribution in [0.4, 0.5) is 0 Å². The number of methoxy groups -OCH3 is 1. The van der Waals surface area contributed by atoms with Crippen LogP contribution < -0.4 is 15.4 Å². The van der Waals surface area contributed by atoms with Crippen LogP contribution in [0.25, 0.3) is 0 Å². The molecule has 0 spiro atoms. The number of rotatable bonds is 9. The van der Waals surface area contributed by atoms with Crippen LogP contribution in [0, 0.1) is 18.8 Å². The smallest absolute Gasteiger partial charge is 0.252 e. The minimum Gasteiger partial charge on any atom is -0.497 e. The third kappa shape index (κ3) is 6.82. The van der Waals surface area contributed by atoms with E-state index in [0.29, 0.717) is 30.7 Å². The number of aryl methyl sites for hydroxylation is 1. The van der Waals surface area contributed by atoms with Gasteiger partial charge in [0.05, 0.1) is 12.0 Å². The number of amides is 2. The van der Waals surface area contributed by atoms with Crippen molar-refractivity contribution in [2.45, 2.75) is 44.6 Å². The molecule has 1 fully saturated rings. The van der Waals surface area contributed by atoms with Crippen LogP contribution in [0.5, 0.6) is 5.75 Å². The van der Waals surface area contributed by atoms with Gasteiger partial charge in [0.1, 0.15) is 11.8 Å². The number of carbonyl (C=O) groups excluding carboxylic acids is 2. The van der Waals surface area contributed by atoms with Crippen molar-refractivity contribution in [2.24, 2.45) is 11.8 Å². The van der Waals surface area contributed by atoms with Crippen LogP contribution in [0.15, 0.2) is 53.4 Å². The van der Waals surface area contributed by atoms with E-state index in [4.69, 9.17) is 4.74 Å². The molecule has 1 saturated heterocycles. The maximum Gasteiger partial charge on any atom is 0.252 e. The Hall–Kier alpha value is -2.91. The third-order valence-electron chi connectivity index (χ3n) is 6.21. The second-order valence-corrected chi connectivity index (χ2v) is 11.3. The first-order chi connectivity index (χ1) is 16.6. The van der Waals surface area contributed by atoms with Gasteiger partial charge in [-0.3, -0.25) is 9.59 Å². The minimum atomic E-state index is -3.61. The van der Waals surface area contributed by atoms with E-state index in [-0.39, 0.29) is 41.6 Å². The van der Waals surface area contributed by atoms with Gasteiger partial charge in [0.25, 0.3) is 5.91 Å². The third-order valence-corrected chi connectivity index (χ3v) is 8.13. The van der Waals surface area contributed by atoms with Crippen LogP contribution in [0.2, 0.25) is 0 Å². The second kappa shape index (κ2) is 11.7. The number of nitrogens with zero attached hydrogens (tertiary/aromatic N) is 1. The van der Waals surface area contributed by atoms with Crippen molar-refractivity contribution < 1.29 is 22.7 Å². The zero-order valence-corrected chi connectivity index (χ0v) is 21.6. The molecule has 2 aromatic carbocycles. The summed E-state index contributed by atoms with van der Waals surface area (Å²) in [6.45, 7) is 6.96. The molecule has 1 heterocycles. The van der Waals surface area contributed by atoms with E-state index >= 15 is 0 Å². The van der Waals surface area contributed by atoms with E-state index in [9.17, 15) is 18.0 Å². The fourth-order valence-electron chi connectivity index (χ4n) is 4.11. The molecular formula is C26H35N3O5S. The number of hydrogen-bond acceptors (Lipinski definition) is 5. The Morgan fingerprint density at radius 3 is 2.34 bits per heavy atom. The van der Waals surface area contributed by atoms with Gasteiger partial charge in [0, 0.05) is 25.2 Å². The Labute approximate surface area is 208 Å². The van der Waals surface area contributed by atoms with Crippen molar-refractivity contribution in [1.82, 2.24) is 14.9 Å². The molecule has 1 atom stereocenters. The molecule has 0 radical (unpaired) electrons. The highest BCUT2D eigenvalue weighted by atomic mass is 32.2. The fraction of sp³-hybridized carbons (Fsp3) is 0.462. The van der Waals surface area contributed by atoms with Crippen LogP contribution in [-0.4, -0.2) is 57.3 Å². The SMILES string of the molecule is COc1cccc(C(=O)NC(C(=O)NCC(C)C)C2CCN(S(=O)(=O)c3ccc(C)cc3)CC2)c1.